The molecule has 0 atom stereocenters. The first-order valence-corrected chi connectivity index (χ1v) is 7.74. The number of aryl methyl sites for hydroxylation is 1. The molecule has 0 bridgehead atoms. The summed E-state index contributed by atoms with van der Waals surface area (Å²) in [6, 6.07) is 25.5. The summed E-state index contributed by atoms with van der Waals surface area (Å²) in [4.78, 5) is 0. The first-order chi connectivity index (χ1) is 10.2. The summed E-state index contributed by atoms with van der Waals surface area (Å²) in [6.07, 6.45) is 1.14. The van der Waals surface area contributed by atoms with Crippen LogP contribution in [0.25, 0.3) is 10.8 Å². The van der Waals surface area contributed by atoms with E-state index in [1.807, 2.05) is 6.07 Å². The molecule has 0 heterocycles. The molecule has 0 aliphatic rings. The van der Waals surface area contributed by atoms with Crippen molar-refractivity contribution in [3.63, 3.8) is 0 Å². The summed E-state index contributed by atoms with van der Waals surface area (Å²) in [7, 11) is 0. The Morgan fingerprint density at radius 2 is 1.33 bits per heavy atom. The summed E-state index contributed by atoms with van der Waals surface area (Å²) >= 11 is 0. The minimum absolute atomic E-state index is 0.603. The number of hydrogen-bond acceptors (Lipinski definition) is 0. The Balaban J connectivity index is 0.000000173. The summed E-state index contributed by atoms with van der Waals surface area (Å²) < 4.78 is 0. The van der Waals surface area contributed by atoms with Crippen LogP contribution in [0.1, 0.15) is 37.8 Å². The lowest BCUT2D eigenvalue weighted by Crippen LogP contribution is -1.88. The monoisotopic (exact) mass is 276 g/mol. The molecule has 0 spiro atoms. The highest BCUT2D eigenvalue weighted by Crippen LogP contribution is 2.24. The average Bonchev–Trinajstić information content (AvgIpc) is 2.55. The lowest BCUT2D eigenvalue weighted by molar-refractivity contribution is 0.876. The molecule has 0 aliphatic heterocycles. The fourth-order valence-electron chi connectivity index (χ4n) is 2.47. The molecule has 0 aliphatic carbocycles. The molecule has 0 saturated carbocycles. The van der Waals surface area contributed by atoms with Crippen molar-refractivity contribution >= 4 is 10.8 Å². The second kappa shape index (κ2) is 7.64. The molecule has 0 saturated heterocycles. The molecule has 3 rings (SSSR count). The Bertz CT molecular complexity index is 660. The van der Waals surface area contributed by atoms with Crippen LogP contribution in [0.5, 0.6) is 0 Å². The zero-order valence-corrected chi connectivity index (χ0v) is 13.2. The van der Waals surface area contributed by atoms with E-state index >= 15 is 0 Å². The van der Waals surface area contributed by atoms with E-state index < -0.39 is 0 Å². The van der Waals surface area contributed by atoms with Gasteiger partial charge in [0.05, 0.1) is 0 Å². The Hall–Kier alpha value is -2.08. The minimum atomic E-state index is 0.603. The van der Waals surface area contributed by atoms with Crippen LogP contribution in [0.2, 0.25) is 0 Å². The third-order valence-electron chi connectivity index (χ3n) is 3.70. The highest BCUT2D eigenvalue weighted by molar-refractivity contribution is 5.86. The van der Waals surface area contributed by atoms with E-state index in [0.29, 0.717) is 5.92 Å². The smallest absolute Gasteiger partial charge is 0.0149 e. The van der Waals surface area contributed by atoms with Gasteiger partial charge in [-0.2, -0.15) is 0 Å². The molecule has 3 aromatic carbocycles. The maximum Gasteiger partial charge on any atom is -0.0149 e. The van der Waals surface area contributed by atoms with Crippen LogP contribution in [-0.4, -0.2) is 0 Å². The van der Waals surface area contributed by atoms with Crippen LogP contribution >= 0.6 is 0 Å². The van der Waals surface area contributed by atoms with Crippen molar-refractivity contribution in [2.24, 2.45) is 0 Å². The highest BCUT2D eigenvalue weighted by Gasteiger charge is 2.02. The fourth-order valence-corrected chi connectivity index (χ4v) is 2.47. The van der Waals surface area contributed by atoms with Gasteiger partial charge >= 0.3 is 0 Å². The number of benzene rings is 3. The molecule has 3 aromatic rings. The predicted molar refractivity (Wildman–Crippen MR) is 93.9 cm³/mol. The molecule has 0 radical (unpaired) electrons. The number of rotatable bonds is 2. The van der Waals surface area contributed by atoms with Crippen molar-refractivity contribution in [2.45, 2.75) is 33.1 Å². The van der Waals surface area contributed by atoms with E-state index in [-0.39, 0.29) is 0 Å². The molecule has 21 heavy (non-hydrogen) atoms. The van der Waals surface area contributed by atoms with E-state index in [4.69, 9.17) is 0 Å². The predicted octanol–water partition coefficient (Wildman–Crippen LogP) is 6.21. The van der Waals surface area contributed by atoms with Gasteiger partial charge in [0.1, 0.15) is 0 Å². The zero-order chi connectivity index (χ0) is 15.1. The quantitative estimate of drug-likeness (QED) is 0.522. The lowest BCUT2D eigenvalue weighted by Gasteiger charge is -2.08. The van der Waals surface area contributed by atoms with E-state index in [1.165, 1.54) is 21.9 Å². The Morgan fingerprint density at radius 1 is 0.714 bits per heavy atom. The summed E-state index contributed by atoms with van der Waals surface area (Å²) in [5.74, 6) is 0.603. The second-order valence-corrected chi connectivity index (χ2v) is 5.56. The maximum absolute atomic E-state index is 2.24. The van der Waals surface area contributed by atoms with Crippen LogP contribution in [0, 0.1) is 0 Å². The summed E-state index contributed by atoms with van der Waals surface area (Å²) in [6.45, 7) is 6.64. The van der Waals surface area contributed by atoms with Crippen molar-refractivity contribution in [2.75, 3.05) is 0 Å². The first kappa shape index (κ1) is 15.3. The molecule has 0 amide bonds. The van der Waals surface area contributed by atoms with Crippen molar-refractivity contribution in [3.8, 4) is 0 Å². The number of fused-ring (bicyclic) bond motifs is 1. The van der Waals surface area contributed by atoms with Crippen molar-refractivity contribution in [1.29, 1.82) is 0 Å². The largest absolute Gasteiger partial charge is 0.0622 e. The third-order valence-corrected chi connectivity index (χ3v) is 3.70. The van der Waals surface area contributed by atoms with Crippen LogP contribution in [-0.2, 0) is 6.42 Å². The van der Waals surface area contributed by atoms with Gasteiger partial charge in [-0.05, 0) is 34.2 Å². The number of hydrogen-bond donors (Lipinski definition) is 0. The molecule has 0 fully saturated rings. The van der Waals surface area contributed by atoms with Crippen molar-refractivity contribution in [3.05, 3.63) is 83.9 Å². The van der Waals surface area contributed by atoms with Crippen molar-refractivity contribution < 1.29 is 0 Å². The normalized spacial score (nSPS) is 10.3. The molecule has 108 valence electrons. The minimum Gasteiger partial charge on any atom is -0.0622 e. The Labute approximate surface area is 128 Å². The van der Waals surface area contributed by atoms with Gasteiger partial charge in [-0.3, -0.25) is 0 Å². The first-order valence-electron chi connectivity index (χ1n) is 7.74. The van der Waals surface area contributed by atoms with Crippen LogP contribution < -0.4 is 0 Å². The highest BCUT2D eigenvalue weighted by atomic mass is 14.1. The van der Waals surface area contributed by atoms with E-state index in [9.17, 15) is 0 Å². The average molecular weight is 276 g/mol. The van der Waals surface area contributed by atoms with Gasteiger partial charge in [0.2, 0.25) is 0 Å². The van der Waals surface area contributed by atoms with Gasteiger partial charge in [0.15, 0.2) is 0 Å². The van der Waals surface area contributed by atoms with Gasteiger partial charge in [0.25, 0.3) is 0 Å². The molecule has 0 nitrogen and oxygen atoms in total. The topological polar surface area (TPSA) is 0 Å². The van der Waals surface area contributed by atoms with Crippen LogP contribution in [0.3, 0.4) is 0 Å². The molecular formula is C21H24. The lowest BCUT2D eigenvalue weighted by atomic mass is 9.96. The van der Waals surface area contributed by atoms with E-state index in [2.05, 4.69) is 87.5 Å². The SMILES string of the molecule is CC(C)c1cccc2ccccc12.CCc1ccccc1. The van der Waals surface area contributed by atoms with Gasteiger partial charge in [0, 0.05) is 0 Å². The fraction of sp³-hybridized carbons (Fsp3) is 0.238. The Morgan fingerprint density at radius 3 is 1.95 bits per heavy atom. The van der Waals surface area contributed by atoms with Crippen molar-refractivity contribution in [1.82, 2.24) is 0 Å². The molecule has 0 heteroatoms. The second-order valence-electron chi connectivity index (χ2n) is 5.56. The van der Waals surface area contributed by atoms with Crippen LogP contribution in [0.15, 0.2) is 72.8 Å². The van der Waals surface area contributed by atoms with Gasteiger partial charge in [-0.1, -0.05) is 93.6 Å². The van der Waals surface area contributed by atoms with Gasteiger partial charge in [-0.15, -0.1) is 0 Å². The van der Waals surface area contributed by atoms with Gasteiger partial charge in [-0.25, -0.2) is 0 Å². The van der Waals surface area contributed by atoms with Gasteiger partial charge < -0.3 is 0 Å². The molecule has 0 aromatic heterocycles. The van der Waals surface area contributed by atoms with Crippen LogP contribution in [0.4, 0.5) is 0 Å². The maximum atomic E-state index is 2.24. The molecule has 0 unspecified atom stereocenters. The molecule has 0 N–H and O–H groups in total. The van der Waals surface area contributed by atoms with E-state index in [0.717, 1.165) is 6.42 Å². The summed E-state index contributed by atoms with van der Waals surface area (Å²) in [5, 5.41) is 2.73. The zero-order valence-electron chi connectivity index (χ0n) is 13.2. The summed E-state index contributed by atoms with van der Waals surface area (Å²) in [5.41, 5.74) is 2.85. The van der Waals surface area contributed by atoms with E-state index in [1.54, 1.807) is 0 Å². The standard InChI is InChI=1S/C13H14.C8H10/c1-10(2)12-9-5-7-11-6-3-4-8-13(11)12;1-2-8-6-4-3-5-7-8/h3-10H,1-2H3;3-7H,2H2,1H3. The third kappa shape index (κ3) is 4.19. The Kier molecular flexibility index (Phi) is 5.57. The molecular weight excluding hydrogens is 252 g/mol.